The summed E-state index contributed by atoms with van der Waals surface area (Å²) in [5.74, 6) is 0. The largest absolute Gasteiger partial charge is 0.315 e. The number of likely N-dealkylation sites (N-methyl/N-ethyl adjacent to an activating group) is 1. The number of piperazine rings is 1. The normalized spacial score (nSPS) is 26.7. The third-order valence-corrected chi connectivity index (χ3v) is 1.77. The Bertz CT molecular complexity index is 78.9. The van der Waals surface area contributed by atoms with Gasteiger partial charge in [-0.25, -0.2) is 0 Å². The summed E-state index contributed by atoms with van der Waals surface area (Å²) in [7, 11) is 0. The molecule has 1 saturated heterocycles. The molecule has 1 atom stereocenters. The maximum atomic E-state index is 3.43. The van der Waals surface area contributed by atoms with E-state index in [-0.39, 0.29) is 0 Å². The van der Waals surface area contributed by atoms with Crippen LogP contribution in [0.2, 0.25) is 0 Å². The van der Waals surface area contributed by atoms with Crippen LogP contribution in [0.5, 0.6) is 0 Å². The van der Waals surface area contributed by atoms with Gasteiger partial charge in [0.25, 0.3) is 0 Å². The Morgan fingerprint density at radius 3 is 3.00 bits per heavy atom. The summed E-state index contributed by atoms with van der Waals surface area (Å²) in [6.07, 6.45) is 0. The summed E-state index contributed by atoms with van der Waals surface area (Å²) < 4.78 is 0. The molecule has 3 nitrogen and oxygen atoms in total. The highest BCUT2D eigenvalue weighted by Crippen LogP contribution is 1.83. The van der Waals surface area contributed by atoms with Gasteiger partial charge in [-0.1, -0.05) is 6.92 Å². The summed E-state index contributed by atoms with van der Waals surface area (Å²) in [6, 6.07) is 0.633. The van der Waals surface area contributed by atoms with E-state index in [4.69, 9.17) is 0 Å². The molecule has 1 rings (SSSR count). The van der Waals surface area contributed by atoms with Gasteiger partial charge < -0.3 is 16.0 Å². The summed E-state index contributed by atoms with van der Waals surface area (Å²) in [6.45, 7) is 7.61. The molecular formula is C7H17N3. The average Bonchev–Trinajstić information content (AvgIpc) is 2.03. The molecule has 0 saturated carbocycles. The molecule has 0 amide bonds. The highest BCUT2D eigenvalue weighted by atomic mass is 15.1. The summed E-state index contributed by atoms with van der Waals surface area (Å²) in [5, 5.41) is 10.1. The molecule has 1 aliphatic heterocycles. The summed E-state index contributed by atoms with van der Waals surface area (Å²) >= 11 is 0. The third-order valence-electron chi connectivity index (χ3n) is 1.77. The molecule has 60 valence electrons. The van der Waals surface area contributed by atoms with Crippen LogP contribution in [0.25, 0.3) is 0 Å². The van der Waals surface area contributed by atoms with Crippen LogP contribution < -0.4 is 16.0 Å². The number of rotatable bonds is 3. The topological polar surface area (TPSA) is 36.1 Å². The fourth-order valence-corrected chi connectivity index (χ4v) is 1.18. The smallest absolute Gasteiger partial charge is 0.0318 e. The quantitative estimate of drug-likeness (QED) is 0.482. The van der Waals surface area contributed by atoms with Gasteiger partial charge >= 0.3 is 0 Å². The lowest BCUT2D eigenvalue weighted by atomic mass is 10.2. The highest BCUT2D eigenvalue weighted by molar-refractivity contribution is 4.76. The first-order chi connectivity index (χ1) is 4.93. The van der Waals surface area contributed by atoms with Gasteiger partial charge in [-0.2, -0.15) is 0 Å². The maximum Gasteiger partial charge on any atom is 0.0318 e. The third kappa shape index (κ3) is 2.64. The van der Waals surface area contributed by atoms with Crippen LogP contribution in [0.15, 0.2) is 0 Å². The van der Waals surface area contributed by atoms with Crippen LogP contribution in [0.4, 0.5) is 0 Å². The second-order valence-corrected chi connectivity index (χ2v) is 2.66. The molecule has 1 heterocycles. The molecule has 1 aliphatic rings. The Hall–Kier alpha value is -0.120. The van der Waals surface area contributed by atoms with E-state index in [9.17, 15) is 0 Å². The van der Waals surface area contributed by atoms with E-state index in [0.29, 0.717) is 6.04 Å². The molecule has 0 aliphatic carbocycles. The van der Waals surface area contributed by atoms with Crippen molar-refractivity contribution < 1.29 is 0 Å². The molecule has 0 aromatic heterocycles. The predicted molar refractivity (Wildman–Crippen MR) is 43.2 cm³/mol. The van der Waals surface area contributed by atoms with E-state index in [1.807, 2.05) is 0 Å². The van der Waals surface area contributed by atoms with Gasteiger partial charge in [-0.3, -0.25) is 0 Å². The van der Waals surface area contributed by atoms with E-state index in [0.717, 1.165) is 32.7 Å². The standard InChI is InChI=1S/C7H17N3/c1-2-8-5-7-6-9-3-4-10-7/h7-10H,2-6H2,1H3. The molecular weight excluding hydrogens is 126 g/mol. The molecule has 3 N–H and O–H groups in total. The van der Waals surface area contributed by atoms with E-state index in [2.05, 4.69) is 22.9 Å². The van der Waals surface area contributed by atoms with E-state index in [1.165, 1.54) is 0 Å². The van der Waals surface area contributed by atoms with Crippen molar-refractivity contribution in [3.05, 3.63) is 0 Å². The first-order valence-electron chi connectivity index (χ1n) is 4.08. The Balaban J connectivity index is 2.02. The second-order valence-electron chi connectivity index (χ2n) is 2.66. The molecule has 0 radical (unpaired) electrons. The Morgan fingerprint density at radius 2 is 2.40 bits per heavy atom. The van der Waals surface area contributed by atoms with Crippen molar-refractivity contribution in [3.63, 3.8) is 0 Å². The number of nitrogens with one attached hydrogen (secondary N) is 3. The van der Waals surface area contributed by atoms with Gasteiger partial charge in [0.05, 0.1) is 0 Å². The summed E-state index contributed by atoms with van der Waals surface area (Å²) in [4.78, 5) is 0. The van der Waals surface area contributed by atoms with Crippen molar-refractivity contribution in [2.45, 2.75) is 13.0 Å². The van der Waals surface area contributed by atoms with Crippen LogP contribution in [-0.4, -0.2) is 38.8 Å². The van der Waals surface area contributed by atoms with Crippen LogP contribution >= 0.6 is 0 Å². The Kier molecular flexibility index (Phi) is 3.72. The van der Waals surface area contributed by atoms with Crippen molar-refractivity contribution in [2.24, 2.45) is 0 Å². The molecule has 10 heavy (non-hydrogen) atoms. The van der Waals surface area contributed by atoms with Gasteiger partial charge in [0.1, 0.15) is 0 Å². The zero-order valence-corrected chi connectivity index (χ0v) is 6.61. The lowest BCUT2D eigenvalue weighted by molar-refractivity contribution is 0.402. The van der Waals surface area contributed by atoms with E-state index in [1.54, 1.807) is 0 Å². The van der Waals surface area contributed by atoms with E-state index >= 15 is 0 Å². The molecule has 1 fully saturated rings. The van der Waals surface area contributed by atoms with Crippen LogP contribution in [0, 0.1) is 0 Å². The van der Waals surface area contributed by atoms with Gasteiger partial charge in [0.2, 0.25) is 0 Å². The molecule has 0 bridgehead atoms. The van der Waals surface area contributed by atoms with Crippen LogP contribution in [-0.2, 0) is 0 Å². The molecule has 1 unspecified atom stereocenters. The average molecular weight is 143 g/mol. The molecule has 0 aromatic carbocycles. The SMILES string of the molecule is CCNCC1CNCCN1. The van der Waals surface area contributed by atoms with Crippen molar-refractivity contribution in [1.29, 1.82) is 0 Å². The van der Waals surface area contributed by atoms with Gasteiger partial charge in [-0.15, -0.1) is 0 Å². The lowest BCUT2D eigenvalue weighted by Gasteiger charge is -2.24. The fourth-order valence-electron chi connectivity index (χ4n) is 1.18. The minimum Gasteiger partial charge on any atom is -0.315 e. The highest BCUT2D eigenvalue weighted by Gasteiger charge is 2.09. The number of hydrogen-bond donors (Lipinski definition) is 3. The first kappa shape index (κ1) is 7.98. The summed E-state index contributed by atoms with van der Waals surface area (Å²) in [5.41, 5.74) is 0. The molecule has 0 aromatic rings. The van der Waals surface area contributed by atoms with Crippen molar-refractivity contribution in [1.82, 2.24) is 16.0 Å². The maximum absolute atomic E-state index is 3.43. The predicted octanol–water partition coefficient (Wildman–Crippen LogP) is -0.843. The monoisotopic (exact) mass is 143 g/mol. The van der Waals surface area contributed by atoms with Crippen molar-refractivity contribution in [3.8, 4) is 0 Å². The first-order valence-corrected chi connectivity index (χ1v) is 4.08. The number of hydrogen-bond acceptors (Lipinski definition) is 3. The van der Waals surface area contributed by atoms with Gasteiger partial charge in [0.15, 0.2) is 0 Å². The van der Waals surface area contributed by atoms with Crippen molar-refractivity contribution in [2.75, 3.05) is 32.7 Å². The van der Waals surface area contributed by atoms with Crippen molar-refractivity contribution >= 4 is 0 Å². The van der Waals surface area contributed by atoms with Crippen LogP contribution in [0.1, 0.15) is 6.92 Å². The zero-order chi connectivity index (χ0) is 7.23. The molecule has 0 spiro atoms. The van der Waals surface area contributed by atoms with Gasteiger partial charge in [0, 0.05) is 32.2 Å². The second kappa shape index (κ2) is 4.66. The van der Waals surface area contributed by atoms with Crippen LogP contribution in [0.3, 0.4) is 0 Å². The Morgan fingerprint density at radius 1 is 1.50 bits per heavy atom. The zero-order valence-electron chi connectivity index (χ0n) is 6.61. The fraction of sp³-hybridized carbons (Fsp3) is 1.00. The lowest BCUT2D eigenvalue weighted by Crippen LogP contribution is -2.52. The minimum absolute atomic E-state index is 0.633. The minimum atomic E-state index is 0.633. The Labute approximate surface area is 62.6 Å². The molecule has 3 heteroatoms. The van der Waals surface area contributed by atoms with E-state index < -0.39 is 0 Å². The van der Waals surface area contributed by atoms with Gasteiger partial charge in [-0.05, 0) is 6.54 Å².